The molecule has 0 bridgehead atoms. The highest BCUT2D eigenvalue weighted by Gasteiger charge is 2.23. The molecule has 0 aromatic carbocycles. The van der Waals surface area contributed by atoms with Crippen molar-refractivity contribution in [3.8, 4) is 0 Å². The molecule has 0 spiro atoms. The molecule has 90 valence electrons. The fourth-order valence-corrected chi connectivity index (χ4v) is 1.50. The average molecular weight is 246 g/mol. The Balaban J connectivity index is 2.97. The molecule has 1 unspecified atom stereocenters. The van der Waals surface area contributed by atoms with Gasteiger partial charge in [0.25, 0.3) is 0 Å². The molecule has 0 fully saturated rings. The molecule has 1 rings (SSSR count). The highest BCUT2D eigenvalue weighted by atomic mass is 35.5. The Kier molecular flexibility index (Phi) is 4.47. The van der Waals surface area contributed by atoms with E-state index in [1.807, 2.05) is 20.8 Å². The van der Waals surface area contributed by atoms with E-state index in [0.717, 1.165) is 6.42 Å². The third-order valence-electron chi connectivity index (χ3n) is 2.69. The summed E-state index contributed by atoms with van der Waals surface area (Å²) in [6.45, 7) is 5.79. The Labute approximate surface area is 100 Å². The first-order valence-electron chi connectivity index (χ1n) is 5.39. The molecule has 0 aliphatic heterocycles. The maximum absolute atomic E-state index is 13.8. The van der Waals surface area contributed by atoms with Gasteiger partial charge in [-0.05, 0) is 19.8 Å². The summed E-state index contributed by atoms with van der Waals surface area (Å²) in [6, 6.07) is 0. The zero-order chi connectivity index (χ0) is 12.2. The Bertz CT molecular complexity index is 353. The monoisotopic (exact) mass is 245 g/mol. The maximum Gasteiger partial charge on any atom is 0.186 e. The number of rotatable bonds is 5. The van der Waals surface area contributed by atoms with E-state index in [0.29, 0.717) is 18.0 Å². The van der Waals surface area contributed by atoms with E-state index < -0.39 is 0 Å². The predicted molar refractivity (Wildman–Crippen MR) is 64.4 cm³/mol. The van der Waals surface area contributed by atoms with Crippen LogP contribution in [-0.4, -0.2) is 21.4 Å². The number of aryl methyl sites for hydroxylation is 1. The van der Waals surface area contributed by atoms with Gasteiger partial charge in [0.05, 0.1) is 5.69 Å². The van der Waals surface area contributed by atoms with Crippen LogP contribution in [0.1, 0.15) is 32.9 Å². The van der Waals surface area contributed by atoms with E-state index >= 15 is 0 Å². The molecule has 0 amide bonds. The largest absolute Gasteiger partial charge is 0.361 e. The highest BCUT2D eigenvalue weighted by Crippen LogP contribution is 2.21. The van der Waals surface area contributed by atoms with Crippen LogP contribution in [0.15, 0.2) is 6.33 Å². The minimum atomic E-state index is -0.380. The summed E-state index contributed by atoms with van der Waals surface area (Å²) in [6.07, 6.45) is 2.71. The van der Waals surface area contributed by atoms with Gasteiger partial charge in [-0.2, -0.15) is 0 Å². The average Bonchev–Trinajstić information content (AvgIpc) is 2.32. The molecule has 1 heterocycles. The Morgan fingerprint density at radius 2 is 2.12 bits per heavy atom. The molecule has 0 saturated heterocycles. The number of halogens is 2. The van der Waals surface area contributed by atoms with Crippen molar-refractivity contribution in [2.45, 2.75) is 39.2 Å². The lowest BCUT2D eigenvalue weighted by Gasteiger charge is -2.27. The van der Waals surface area contributed by atoms with Crippen molar-refractivity contribution in [3.05, 3.63) is 17.8 Å². The molecule has 0 aliphatic rings. The lowest BCUT2D eigenvalue weighted by molar-refractivity contribution is 0.533. The lowest BCUT2D eigenvalue weighted by atomic mass is 10.0. The van der Waals surface area contributed by atoms with Gasteiger partial charge in [-0.25, -0.2) is 14.4 Å². The van der Waals surface area contributed by atoms with E-state index in [-0.39, 0.29) is 17.2 Å². The first-order chi connectivity index (χ1) is 7.56. The quantitative estimate of drug-likeness (QED) is 0.811. The van der Waals surface area contributed by atoms with E-state index in [1.165, 1.54) is 6.33 Å². The minimum Gasteiger partial charge on any atom is -0.361 e. The molecule has 3 nitrogen and oxygen atoms in total. The zero-order valence-electron chi connectivity index (χ0n) is 9.85. The summed E-state index contributed by atoms with van der Waals surface area (Å²) in [5, 5.41) is 3.04. The van der Waals surface area contributed by atoms with E-state index in [1.54, 1.807) is 0 Å². The van der Waals surface area contributed by atoms with E-state index in [2.05, 4.69) is 15.3 Å². The Hall–Kier alpha value is -0.900. The summed E-state index contributed by atoms with van der Waals surface area (Å²) in [4.78, 5) is 7.79. The van der Waals surface area contributed by atoms with Crippen molar-refractivity contribution in [2.75, 3.05) is 11.2 Å². The molecule has 0 aliphatic carbocycles. The zero-order valence-corrected chi connectivity index (χ0v) is 10.6. The third kappa shape index (κ3) is 2.82. The fourth-order valence-electron chi connectivity index (χ4n) is 1.24. The van der Waals surface area contributed by atoms with Gasteiger partial charge >= 0.3 is 0 Å². The van der Waals surface area contributed by atoms with Crippen LogP contribution in [0.2, 0.25) is 0 Å². The predicted octanol–water partition coefficient (Wildman–Crippen LogP) is 3.00. The third-order valence-corrected chi connectivity index (χ3v) is 3.28. The maximum atomic E-state index is 13.8. The first kappa shape index (κ1) is 13.2. The van der Waals surface area contributed by atoms with Gasteiger partial charge < -0.3 is 5.32 Å². The second-order valence-corrected chi connectivity index (χ2v) is 4.28. The number of hydrogen-bond acceptors (Lipinski definition) is 3. The van der Waals surface area contributed by atoms with Crippen molar-refractivity contribution < 1.29 is 4.39 Å². The summed E-state index contributed by atoms with van der Waals surface area (Å²) in [5.41, 5.74) is 0.0763. The number of aromatic nitrogens is 2. The minimum absolute atomic E-state index is 0.233. The van der Waals surface area contributed by atoms with Crippen LogP contribution in [-0.2, 0) is 6.42 Å². The van der Waals surface area contributed by atoms with E-state index in [4.69, 9.17) is 11.6 Å². The molecular weight excluding hydrogens is 229 g/mol. The van der Waals surface area contributed by atoms with Crippen LogP contribution in [0, 0.1) is 5.82 Å². The van der Waals surface area contributed by atoms with Crippen LogP contribution in [0.5, 0.6) is 0 Å². The van der Waals surface area contributed by atoms with E-state index in [9.17, 15) is 4.39 Å². The standard InChI is InChI=1S/C11H17ClFN3/c1-4-8-9(13)10(15-7-14-8)16-11(3,5-2)6-12/h7H,4-6H2,1-3H3,(H,14,15,16). The molecular formula is C11H17ClFN3. The van der Waals surface area contributed by atoms with Gasteiger partial charge in [-0.15, -0.1) is 11.6 Å². The van der Waals surface area contributed by atoms with Crippen LogP contribution >= 0.6 is 11.6 Å². The molecule has 0 saturated carbocycles. The van der Waals surface area contributed by atoms with Gasteiger partial charge in [0, 0.05) is 11.4 Å². The SMILES string of the molecule is CCc1ncnc(NC(C)(CC)CCl)c1F. The summed E-state index contributed by atoms with van der Waals surface area (Å²) in [5.74, 6) is 0.251. The van der Waals surface area contributed by atoms with Gasteiger partial charge in [0.1, 0.15) is 6.33 Å². The molecule has 1 aromatic heterocycles. The second kappa shape index (κ2) is 5.43. The molecule has 16 heavy (non-hydrogen) atoms. The second-order valence-electron chi connectivity index (χ2n) is 4.01. The van der Waals surface area contributed by atoms with Crippen LogP contribution < -0.4 is 5.32 Å². The topological polar surface area (TPSA) is 37.8 Å². The highest BCUT2D eigenvalue weighted by molar-refractivity contribution is 6.18. The van der Waals surface area contributed by atoms with Crippen molar-refractivity contribution in [3.63, 3.8) is 0 Å². The van der Waals surface area contributed by atoms with Crippen LogP contribution in [0.4, 0.5) is 10.2 Å². The van der Waals surface area contributed by atoms with Crippen LogP contribution in [0.3, 0.4) is 0 Å². The van der Waals surface area contributed by atoms with Gasteiger partial charge in [-0.1, -0.05) is 13.8 Å². The number of alkyl halides is 1. The Morgan fingerprint density at radius 3 is 2.62 bits per heavy atom. The smallest absolute Gasteiger partial charge is 0.186 e. The summed E-state index contributed by atoms with van der Waals surface area (Å²) < 4.78 is 13.8. The van der Waals surface area contributed by atoms with Crippen molar-refractivity contribution in [1.29, 1.82) is 0 Å². The normalized spacial score (nSPS) is 14.6. The van der Waals surface area contributed by atoms with Crippen molar-refractivity contribution in [1.82, 2.24) is 9.97 Å². The molecule has 1 atom stereocenters. The first-order valence-corrected chi connectivity index (χ1v) is 5.93. The number of nitrogens with zero attached hydrogens (tertiary/aromatic N) is 2. The van der Waals surface area contributed by atoms with Crippen molar-refractivity contribution >= 4 is 17.4 Å². The summed E-state index contributed by atoms with van der Waals surface area (Å²) in [7, 11) is 0. The summed E-state index contributed by atoms with van der Waals surface area (Å²) >= 11 is 5.86. The number of nitrogens with one attached hydrogen (secondary N) is 1. The van der Waals surface area contributed by atoms with Crippen molar-refractivity contribution in [2.24, 2.45) is 0 Å². The molecule has 1 N–H and O–H groups in total. The molecule has 5 heteroatoms. The van der Waals surface area contributed by atoms with Gasteiger partial charge in [0.15, 0.2) is 11.6 Å². The lowest BCUT2D eigenvalue weighted by Crippen LogP contribution is -2.36. The van der Waals surface area contributed by atoms with Crippen LogP contribution in [0.25, 0.3) is 0 Å². The fraction of sp³-hybridized carbons (Fsp3) is 0.636. The molecule has 1 aromatic rings. The van der Waals surface area contributed by atoms with Gasteiger partial charge in [-0.3, -0.25) is 0 Å². The Morgan fingerprint density at radius 1 is 1.44 bits per heavy atom. The van der Waals surface area contributed by atoms with Gasteiger partial charge in [0.2, 0.25) is 0 Å². The number of hydrogen-bond donors (Lipinski definition) is 1. The molecule has 0 radical (unpaired) electrons. The number of anilines is 1.